The Balaban J connectivity index is 1.93. The lowest BCUT2D eigenvalue weighted by molar-refractivity contribution is -0.143. The molecule has 0 spiro atoms. The number of aromatic nitrogens is 1. The minimum atomic E-state index is -0.913. The van der Waals surface area contributed by atoms with Crippen LogP contribution in [0.5, 0.6) is 0 Å². The maximum Gasteiger partial charge on any atom is 0.306 e. The number of hydrogen-bond acceptors (Lipinski definition) is 8. The highest BCUT2D eigenvalue weighted by Gasteiger charge is 2.39. The van der Waals surface area contributed by atoms with E-state index in [1.54, 1.807) is 17.2 Å². The van der Waals surface area contributed by atoms with Crippen LogP contribution in [0.3, 0.4) is 0 Å². The Morgan fingerprint density at radius 2 is 1.68 bits per heavy atom. The van der Waals surface area contributed by atoms with Gasteiger partial charge in [0.2, 0.25) is 11.8 Å². The molecule has 314 valence electrons. The number of amides is 3. The molecule has 56 heavy (non-hydrogen) atoms. The third kappa shape index (κ3) is 14.2. The number of piperidine rings is 1. The second-order valence-corrected chi connectivity index (χ2v) is 19.3. The molecule has 1 aliphatic heterocycles. The van der Waals surface area contributed by atoms with Gasteiger partial charge in [0.15, 0.2) is 0 Å². The molecule has 0 bridgehead atoms. The van der Waals surface area contributed by atoms with Crippen molar-refractivity contribution in [2.24, 2.45) is 23.2 Å². The van der Waals surface area contributed by atoms with Gasteiger partial charge in [0.05, 0.1) is 17.6 Å². The summed E-state index contributed by atoms with van der Waals surface area (Å²) in [6, 6.07) is 8.10. The third-order valence-corrected chi connectivity index (χ3v) is 12.0. The molecule has 1 unspecified atom stereocenters. The predicted molar refractivity (Wildman–Crippen MR) is 225 cm³/mol. The number of hydrogen-bond donors (Lipinski definition) is 3. The van der Waals surface area contributed by atoms with Crippen LogP contribution in [0.2, 0.25) is 0 Å². The number of ether oxygens (including phenoxy) is 1. The molecule has 1 aliphatic rings. The quantitative estimate of drug-likeness (QED) is 0.124. The Bertz CT molecular complexity index is 1570. The van der Waals surface area contributed by atoms with Crippen LogP contribution in [-0.2, 0) is 25.5 Å². The van der Waals surface area contributed by atoms with Gasteiger partial charge in [-0.05, 0) is 82.4 Å². The minimum absolute atomic E-state index is 0.0266. The monoisotopic (exact) mass is 798 g/mol. The second-order valence-electron chi connectivity index (χ2n) is 18.4. The normalized spacial score (nSPS) is 18.7. The van der Waals surface area contributed by atoms with Gasteiger partial charge in [-0.25, -0.2) is 4.98 Å². The summed E-state index contributed by atoms with van der Waals surface area (Å²) in [5.74, 6) is -2.19. The zero-order chi connectivity index (χ0) is 42.0. The molecule has 2 aromatic rings. The van der Waals surface area contributed by atoms with E-state index in [9.17, 15) is 24.3 Å². The van der Waals surface area contributed by atoms with Gasteiger partial charge >= 0.3 is 5.97 Å². The highest BCUT2D eigenvalue weighted by molar-refractivity contribution is 7.09. The van der Waals surface area contributed by atoms with E-state index in [0.29, 0.717) is 17.8 Å². The zero-order valence-corrected chi connectivity index (χ0v) is 37.0. The Kier molecular flexibility index (Phi) is 17.5. The molecule has 0 radical (unpaired) electrons. The lowest BCUT2D eigenvalue weighted by Gasteiger charge is -2.40. The number of thiazole rings is 1. The average Bonchev–Trinajstić information content (AvgIpc) is 3.61. The van der Waals surface area contributed by atoms with Crippen LogP contribution in [0.25, 0.3) is 0 Å². The highest BCUT2D eigenvalue weighted by atomic mass is 32.1. The molecule has 3 amide bonds. The smallest absolute Gasteiger partial charge is 0.306 e. The number of nitrogens with one attached hydrogen (secondary N) is 2. The number of aliphatic carboxylic acids is 1. The van der Waals surface area contributed by atoms with Crippen molar-refractivity contribution < 1.29 is 29.0 Å². The highest BCUT2D eigenvalue weighted by Crippen LogP contribution is 2.38. The van der Waals surface area contributed by atoms with Crippen LogP contribution in [0, 0.1) is 23.2 Å². The van der Waals surface area contributed by atoms with Crippen molar-refractivity contribution in [2.45, 2.75) is 156 Å². The van der Waals surface area contributed by atoms with Crippen LogP contribution >= 0.6 is 11.3 Å². The van der Waals surface area contributed by atoms with E-state index >= 15 is 0 Å². The van der Waals surface area contributed by atoms with E-state index in [2.05, 4.69) is 64.0 Å². The van der Waals surface area contributed by atoms with Crippen LogP contribution in [0.15, 0.2) is 35.7 Å². The van der Waals surface area contributed by atoms with Crippen molar-refractivity contribution in [1.29, 1.82) is 0 Å². The van der Waals surface area contributed by atoms with Crippen molar-refractivity contribution in [2.75, 3.05) is 20.6 Å². The summed E-state index contributed by atoms with van der Waals surface area (Å²) >= 11 is 1.35. The Labute approximate surface area is 340 Å². The standard InChI is InChI=1S/C44H71N5O6S/c1-13-29(4)37(47-39(51)34-21-17-18-22-48(34)11)41(52)49(12)35(28(2)3)25-36(55-44(9,10)27-43(6,7)8)40-46-33(26-56-40)38(50)45-32(23-30(5)42(53)54)24-31-19-15-14-16-20-31/h14-16,19-20,26,28-30,32,34-37H,13,17-18,21-25,27H2,1-12H3,(H,45,50)(H,47,51)(H,53,54)/t29-,30-,32+,34+,35?,36+,37-/m0/s1. The SMILES string of the molecule is CC[C@H](C)[C@H](NC(=O)[C@H]1CCCCN1C)C(=O)N(C)C(C[C@@H](OC(C)(C)CC(C)(C)C)c1nc(C(=O)N[C@@H](Cc2ccccc2)C[C@H](C)C(=O)O)cs1)C(C)C. The van der Waals surface area contributed by atoms with Crippen molar-refractivity contribution >= 4 is 35.0 Å². The first kappa shape index (κ1) is 47.0. The van der Waals surface area contributed by atoms with Crippen LogP contribution in [0.4, 0.5) is 0 Å². The van der Waals surface area contributed by atoms with Gasteiger partial charge in [-0.3, -0.25) is 24.1 Å². The molecule has 1 saturated heterocycles. The minimum Gasteiger partial charge on any atom is -0.481 e. The lowest BCUT2D eigenvalue weighted by atomic mass is 9.83. The molecule has 12 heteroatoms. The molecule has 1 fully saturated rings. The molecule has 2 heterocycles. The number of nitrogens with zero attached hydrogens (tertiary/aromatic N) is 3. The van der Waals surface area contributed by atoms with E-state index in [1.165, 1.54) is 11.3 Å². The Hall–Kier alpha value is -3.35. The van der Waals surface area contributed by atoms with Crippen LogP contribution < -0.4 is 10.6 Å². The van der Waals surface area contributed by atoms with E-state index < -0.39 is 35.7 Å². The maximum atomic E-state index is 14.5. The summed E-state index contributed by atoms with van der Waals surface area (Å²) in [5, 5.41) is 18.3. The molecule has 11 nitrogen and oxygen atoms in total. The number of likely N-dealkylation sites (tertiary alicyclic amines) is 1. The van der Waals surface area contributed by atoms with Crippen LogP contribution in [-0.4, -0.2) is 94.0 Å². The first-order chi connectivity index (χ1) is 26.1. The molecule has 0 saturated carbocycles. The average molecular weight is 798 g/mol. The fourth-order valence-corrected chi connectivity index (χ4v) is 8.98. The number of carboxylic acid groups (broad SMARTS) is 1. The zero-order valence-electron chi connectivity index (χ0n) is 36.2. The fourth-order valence-electron chi connectivity index (χ4n) is 8.14. The van der Waals surface area contributed by atoms with Crippen molar-refractivity contribution in [1.82, 2.24) is 25.4 Å². The van der Waals surface area contributed by atoms with Gasteiger partial charge < -0.3 is 25.4 Å². The molecule has 1 aromatic heterocycles. The molecular formula is C44H71N5O6S. The number of rotatable bonds is 20. The van der Waals surface area contributed by atoms with Gasteiger partial charge in [0.25, 0.3) is 5.91 Å². The molecular weight excluding hydrogens is 727 g/mol. The summed E-state index contributed by atoms with van der Waals surface area (Å²) < 4.78 is 6.97. The Morgan fingerprint density at radius 3 is 2.25 bits per heavy atom. The number of carbonyl (C=O) groups is 4. The van der Waals surface area contributed by atoms with E-state index in [0.717, 1.165) is 44.2 Å². The van der Waals surface area contributed by atoms with E-state index in [1.807, 2.05) is 58.3 Å². The number of carbonyl (C=O) groups excluding carboxylic acids is 3. The van der Waals surface area contributed by atoms with Crippen molar-refractivity contribution in [3.05, 3.63) is 52.0 Å². The first-order valence-corrected chi connectivity index (χ1v) is 21.5. The van der Waals surface area contributed by atoms with E-state index in [-0.39, 0.29) is 59.2 Å². The second kappa shape index (κ2) is 20.9. The molecule has 3 rings (SSSR count). The summed E-state index contributed by atoms with van der Waals surface area (Å²) in [4.78, 5) is 62.4. The molecule has 3 N–H and O–H groups in total. The van der Waals surface area contributed by atoms with E-state index in [4.69, 9.17) is 9.72 Å². The fraction of sp³-hybridized carbons (Fsp3) is 0.705. The topological polar surface area (TPSA) is 141 Å². The lowest BCUT2D eigenvalue weighted by Crippen LogP contribution is -2.58. The summed E-state index contributed by atoms with van der Waals surface area (Å²) in [6.45, 7) is 21.4. The van der Waals surface area contributed by atoms with Crippen molar-refractivity contribution in [3.8, 4) is 0 Å². The molecule has 7 atom stereocenters. The van der Waals surface area contributed by atoms with Crippen LogP contribution in [0.1, 0.15) is 141 Å². The van der Waals surface area contributed by atoms with Gasteiger partial charge in [-0.1, -0.05) is 98.6 Å². The van der Waals surface area contributed by atoms with Gasteiger partial charge in [0, 0.05) is 30.9 Å². The first-order valence-electron chi connectivity index (χ1n) is 20.6. The van der Waals surface area contributed by atoms with Gasteiger partial charge in [0.1, 0.15) is 22.8 Å². The van der Waals surface area contributed by atoms with Gasteiger partial charge in [-0.15, -0.1) is 11.3 Å². The third-order valence-electron chi connectivity index (χ3n) is 11.1. The Morgan fingerprint density at radius 1 is 1.02 bits per heavy atom. The molecule has 1 aromatic carbocycles. The molecule has 0 aliphatic carbocycles. The van der Waals surface area contributed by atoms with Crippen molar-refractivity contribution in [3.63, 3.8) is 0 Å². The summed E-state index contributed by atoms with van der Waals surface area (Å²) in [5.41, 5.74) is 0.653. The summed E-state index contributed by atoms with van der Waals surface area (Å²) in [6.07, 6.45) is 4.97. The van der Waals surface area contributed by atoms with Gasteiger partial charge in [-0.2, -0.15) is 0 Å². The number of likely N-dealkylation sites (N-methyl/N-ethyl adjacent to an activating group) is 2. The number of benzene rings is 1. The largest absolute Gasteiger partial charge is 0.481 e. The maximum absolute atomic E-state index is 14.5. The summed E-state index contributed by atoms with van der Waals surface area (Å²) in [7, 11) is 3.80. The predicted octanol–water partition coefficient (Wildman–Crippen LogP) is 7.76. The number of carboxylic acids is 1.